The predicted octanol–water partition coefficient (Wildman–Crippen LogP) is 0.261. The molecular formula is C14H22N4O4. The third-order valence-electron chi connectivity index (χ3n) is 3.19. The third kappa shape index (κ3) is 3.76. The van der Waals surface area contributed by atoms with Crippen molar-refractivity contribution in [3.05, 3.63) is 17.5 Å². The van der Waals surface area contributed by atoms with Crippen molar-refractivity contribution in [2.75, 3.05) is 13.1 Å². The number of hydrogen-bond donors (Lipinski definition) is 2. The van der Waals surface area contributed by atoms with Gasteiger partial charge in [-0.15, -0.1) is 0 Å². The highest BCUT2D eigenvalue weighted by Crippen LogP contribution is 2.15. The van der Waals surface area contributed by atoms with Crippen molar-refractivity contribution in [3.63, 3.8) is 0 Å². The number of aromatic nitrogens is 2. The van der Waals surface area contributed by atoms with E-state index in [0.29, 0.717) is 24.5 Å². The number of amides is 2. The molecule has 2 rings (SSSR count). The number of nitrogens with zero attached hydrogens (tertiary/aromatic N) is 3. The monoisotopic (exact) mass is 310 g/mol. The second-order valence-corrected chi connectivity index (χ2v) is 6.36. The molecule has 0 unspecified atom stereocenters. The molecule has 0 bridgehead atoms. The van der Waals surface area contributed by atoms with Crippen LogP contribution in [0.25, 0.3) is 0 Å². The lowest BCUT2D eigenvalue weighted by molar-refractivity contribution is 0.00528. The SMILES string of the molecule is Cn1nc(CO)cc1C(=O)NC1CN(C(=O)OC(C)(C)C)C1. The average Bonchev–Trinajstić information content (AvgIpc) is 2.72. The lowest BCUT2D eigenvalue weighted by Crippen LogP contribution is -2.61. The number of nitrogens with one attached hydrogen (secondary N) is 1. The molecular weight excluding hydrogens is 288 g/mol. The molecule has 1 aromatic rings. The molecule has 0 radical (unpaired) electrons. The molecule has 2 N–H and O–H groups in total. The Morgan fingerprint density at radius 3 is 2.59 bits per heavy atom. The number of hydrogen-bond acceptors (Lipinski definition) is 5. The first-order valence-corrected chi connectivity index (χ1v) is 7.12. The molecule has 2 heterocycles. The Morgan fingerprint density at radius 2 is 2.09 bits per heavy atom. The third-order valence-corrected chi connectivity index (χ3v) is 3.19. The Morgan fingerprint density at radius 1 is 1.45 bits per heavy atom. The number of rotatable bonds is 3. The van der Waals surface area contributed by atoms with Crippen molar-refractivity contribution in [1.82, 2.24) is 20.0 Å². The maximum atomic E-state index is 12.1. The van der Waals surface area contributed by atoms with E-state index in [0.717, 1.165) is 0 Å². The Bertz CT molecular complexity index is 570. The van der Waals surface area contributed by atoms with Crippen LogP contribution in [0.15, 0.2) is 6.07 Å². The maximum absolute atomic E-state index is 12.1. The van der Waals surface area contributed by atoms with Crippen molar-refractivity contribution in [3.8, 4) is 0 Å². The number of likely N-dealkylation sites (tertiary alicyclic amines) is 1. The first-order valence-electron chi connectivity index (χ1n) is 7.12. The van der Waals surface area contributed by atoms with Crippen LogP contribution in [0.3, 0.4) is 0 Å². The molecule has 22 heavy (non-hydrogen) atoms. The van der Waals surface area contributed by atoms with Crippen molar-refractivity contribution in [2.24, 2.45) is 7.05 Å². The summed E-state index contributed by atoms with van der Waals surface area (Å²) in [6, 6.07) is 1.44. The Kier molecular flexibility index (Phi) is 4.41. The highest BCUT2D eigenvalue weighted by Gasteiger charge is 2.35. The van der Waals surface area contributed by atoms with Crippen LogP contribution in [-0.4, -0.2) is 56.5 Å². The highest BCUT2D eigenvalue weighted by atomic mass is 16.6. The molecule has 1 saturated heterocycles. The topological polar surface area (TPSA) is 96.7 Å². The Hall–Kier alpha value is -2.09. The molecule has 2 amide bonds. The summed E-state index contributed by atoms with van der Waals surface area (Å²) >= 11 is 0. The second kappa shape index (κ2) is 5.96. The molecule has 0 aromatic carbocycles. The van der Waals surface area contributed by atoms with E-state index in [1.807, 2.05) is 20.8 Å². The summed E-state index contributed by atoms with van der Waals surface area (Å²) in [7, 11) is 1.64. The Balaban J connectivity index is 1.83. The van der Waals surface area contributed by atoms with Crippen LogP contribution in [0.4, 0.5) is 4.79 Å². The first-order chi connectivity index (χ1) is 10.2. The van der Waals surface area contributed by atoms with Gasteiger partial charge in [0.2, 0.25) is 0 Å². The largest absolute Gasteiger partial charge is 0.444 e. The fourth-order valence-corrected chi connectivity index (χ4v) is 2.12. The van der Waals surface area contributed by atoms with Crippen LogP contribution >= 0.6 is 0 Å². The average molecular weight is 310 g/mol. The van der Waals surface area contributed by atoms with Crippen LogP contribution in [0.2, 0.25) is 0 Å². The fourth-order valence-electron chi connectivity index (χ4n) is 2.12. The van der Waals surface area contributed by atoms with E-state index in [9.17, 15) is 9.59 Å². The molecule has 1 aliphatic rings. The van der Waals surface area contributed by atoms with Crippen LogP contribution < -0.4 is 5.32 Å². The van der Waals surface area contributed by atoms with E-state index in [-0.39, 0.29) is 24.6 Å². The lowest BCUT2D eigenvalue weighted by Gasteiger charge is -2.39. The number of carbonyl (C=O) groups excluding carboxylic acids is 2. The van der Waals surface area contributed by atoms with Gasteiger partial charge in [-0.05, 0) is 26.8 Å². The smallest absolute Gasteiger partial charge is 0.410 e. The van der Waals surface area contributed by atoms with Crippen molar-refractivity contribution < 1.29 is 19.4 Å². The van der Waals surface area contributed by atoms with E-state index in [1.165, 1.54) is 4.68 Å². The second-order valence-electron chi connectivity index (χ2n) is 6.36. The fraction of sp³-hybridized carbons (Fsp3) is 0.643. The standard InChI is InChI=1S/C14H22N4O4/c1-14(2,3)22-13(21)18-6-10(7-18)15-12(20)11-5-9(8-19)16-17(11)4/h5,10,19H,6-8H2,1-4H3,(H,15,20). The minimum absolute atomic E-state index is 0.104. The number of ether oxygens (including phenoxy) is 1. The summed E-state index contributed by atoms with van der Waals surface area (Å²) in [6.45, 7) is 6.06. The summed E-state index contributed by atoms with van der Waals surface area (Å²) in [5, 5.41) is 15.9. The van der Waals surface area contributed by atoms with Crippen LogP contribution in [0.5, 0.6) is 0 Å². The summed E-state index contributed by atoms with van der Waals surface area (Å²) in [6.07, 6.45) is -0.374. The van der Waals surface area contributed by atoms with Gasteiger partial charge in [0.1, 0.15) is 11.3 Å². The number of aliphatic hydroxyl groups is 1. The van der Waals surface area contributed by atoms with Gasteiger partial charge < -0.3 is 20.1 Å². The minimum atomic E-state index is -0.527. The van der Waals surface area contributed by atoms with Crippen LogP contribution in [0.1, 0.15) is 37.0 Å². The minimum Gasteiger partial charge on any atom is -0.444 e. The van der Waals surface area contributed by atoms with Crippen LogP contribution in [0, 0.1) is 0 Å². The van der Waals surface area contributed by atoms with Crippen LogP contribution in [-0.2, 0) is 18.4 Å². The van der Waals surface area contributed by atoms with Gasteiger partial charge in [-0.2, -0.15) is 5.10 Å². The van der Waals surface area contributed by atoms with Crippen molar-refractivity contribution in [1.29, 1.82) is 0 Å². The molecule has 1 aromatic heterocycles. The van der Waals surface area contributed by atoms with E-state index >= 15 is 0 Å². The number of aryl methyl sites for hydroxylation is 1. The maximum Gasteiger partial charge on any atom is 0.410 e. The Labute approximate surface area is 129 Å². The van der Waals surface area contributed by atoms with Gasteiger partial charge in [-0.25, -0.2) is 4.79 Å². The first kappa shape index (κ1) is 16.3. The van der Waals surface area contributed by atoms with Gasteiger partial charge in [0, 0.05) is 20.1 Å². The zero-order valence-corrected chi connectivity index (χ0v) is 13.3. The predicted molar refractivity (Wildman–Crippen MR) is 78.2 cm³/mol. The van der Waals surface area contributed by atoms with Gasteiger partial charge in [-0.1, -0.05) is 0 Å². The molecule has 1 aliphatic heterocycles. The normalized spacial score (nSPS) is 15.4. The summed E-state index contributed by atoms with van der Waals surface area (Å²) in [5.41, 5.74) is 0.289. The summed E-state index contributed by atoms with van der Waals surface area (Å²) in [4.78, 5) is 25.4. The molecule has 0 aliphatic carbocycles. The molecule has 0 saturated carbocycles. The number of carbonyl (C=O) groups is 2. The van der Waals surface area contributed by atoms with Gasteiger partial charge >= 0.3 is 6.09 Å². The van der Waals surface area contributed by atoms with E-state index < -0.39 is 5.60 Å². The lowest BCUT2D eigenvalue weighted by atomic mass is 10.1. The highest BCUT2D eigenvalue weighted by molar-refractivity contribution is 5.93. The zero-order valence-electron chi connectivity index (χ0n) is 13.3. The van der Waals surface area contributed by atoms with Crippen molar-refractivity contribution in [2.45, 2.75) is 39.0 Å². The summed E-state index contributed by atoms with van der Waals surface area (Å²) < 4.78 is 6.67. The van der Waals surface area contributed by atoms with Crippen molar-refractivity contribution >= 4 is 12.0 Å². The van der Waals surface area contributed by atoms with E-state index in [4.69, 9.17) is 9.84 Å². The summed E-state index contributed by atoms with van der Waals surface area (Å²) in [5.74, 6) is -0.275. The quantitative estimate of drug-likeness (QED) is 0.835. The number of aliphatic hydroxyl groups excluding tert-OH is 1. The van der Waals surface area contributed by atoms with Gasteiger partial charge in [0.15, 0.2) is 0 Å². The molecule has 0 spiro atoms. The van der Waals surface area contributed by atoms with E-state index in [1.54, 1.807) is 18.0 Å². The van der Waals surface area contributed by atoms with E-state index in [2.05, 4.69) is 10.4 Å². The molecule has 8 heteroatoms. The molecule has 1 fully saturated rings. The molecule has 0 atom stereocenters. The van der Waals surface area contributed by atoms with Gasteiger partial charge in [-0.3, -0.25) is 9.48 Å². The molecule has 8 nitrogen and oxygen atoms in total. The zero-order chi connectivity index (χ0) is 16.5. The van der Waals surface area contributed by atoms with Gasteiger partial charge in [0.05, 0.1) is 18.3 Å². The van der Waals surface area contributed by atoms with Gasteiger partial charge in [0.25, 0.3) is 5.91 Å². The molecule has 122 valence electrons.